The van der Waals surface area contributed by atoms with Gasteiger partial charge in [0.1, 0.15) is 0 Å². The summed E-state index contributed by atoms with van der Waals surface area (Å²) in [6, 6.07) is 13.3. The maximum absolute atomic E-state index is 12.0. The molecule has 3 aromatic rings. The van der Waals surface area contributed by atoms with Crippen LogP contribution >= 0.6 is 0 Å². The Morgan fingerprint density at radius 3 is 2.50 bits per heavy atom. The summed E-state index contributed by atoms with van der Waals surface area (Å²) in [5.74, 6) is 0.0225. The highest BCUT2D eigenvalue weighted by Gasteiger charge is 2.13. The molecule has 2 heterocycles. The van der Waals surface area contributed by atoms with Gasteiger partial charge in [0, 0.05) is 0 Å². The van der Waals surface area contributed by atoms with Crippen molar-refractivity contribution in [3.8, 4) is 0 Å². The standard InChI is InChI=1S/C18H16N4O4/c1-2-25-18(24)12-6-3-4-7-13(12)19-15-9-10-16(22-21-15)20-17(23)14-8-5-11-26-14/h3-11H,2H2,1H3,(H,19,21)(H,20,22,23). The Balaban J connectivity index is 1.70. The molecule has 0 bridgehead atoms. The molecular formula is C18H16N4O4. The molecule has 0 spiro atoms. The average Bonchev–Trinajstić information content (AvgIpc) is 3.19. The second-order valence-electron chi connectivity index (χ2n) is 5.13. The summed E-state index contributed by atoms with van der Waals surface area (Å²) >= 11 is 0. The number of furan rings is 1. The predicted octanol–water partition coefficient (Wildman–Crippen LogP) is 3.24. The lowest BCUT2D eigenvalue weighted by Crippen LogP contribution is -2.13. The fourth-order valence-electron chi connectivity index (χ4n) is 2.17. The molecule has 26 heavy (non-hydrogen) atoms. The summed E-state index contributed by atoms with van der Waals surface area (Å²) < 4.78 is 10.0. The summed E-state index contributed by atoms with van der Waals surface area (Å²) in [4.78, 5) is 23.9. The summed E-state index contributed by atoms with van der Waals surface area (Å²) in [5, 5.41) is 13.5. The molecule has 0 saturated carbocycles. The maximum atomic E-state index is 12.0. The van der Waals surface area contributed by atoms with Gasteiger partial charge in [-0.3, -0.25) is 4.79 Å². The molecule has 0 aliphatic carbocycles. The molecule has 2 aromatic heterocycles. The van der Waals surface area contributed by atoms with Gasteiger partial charge < -0.3 is 19.8 Å². The van der Waals surface area contributed by atoms with Gasteiger partial charge in [0.15, 0.2) is 17.4 Å². The molecule has 1 amide bonds. The van der Waals surface area contributed by atoms with E-state index in [1.807, 2.05) is 0 Å². The van der Waals surface area contributed by atoms with E-state index in [2.05, 4.69) is 20.8 Å². The number of esters is 1. The van der Waals surface area contributed by atoms with E-state index >= 15 is 0 Å². The van der Waals surface area contributed by atoms with E-state index in [9.17, 15) is 9.59 Å². The van der Waals surface area contributed by atoms with Crippen LogP contribution in [0.4, 0.5) is 17.3 Å². The minimum Gasteiger partial charge on any atom is -0.462 e. The largest absolute Gasteiger partial charge is 0.462 e. The monoisotopic (exact) mass is 352 g/mol. The third-order valence-electron chi connectivity index (χ3n) is 3.34. The van der Waals surface area contributed by atoms with Gasteiger partial charge in [0.05, 0.1) is 24.1 Å². The smallest absolute Gasteiger partial charge is 0.340 e. The number of carbonyl (C=O) groups excluding carboxylic acids is 2. The van der Waals surface area contributed by atoms with Crippen LogP contribution in [0.2, 0.25) is 0 Å². The molecule has 0 fully saturated rings. The highest BCUT2D eigenvalue weighted by molar-refractivity contribution is 6.01. The molecule has 0 radical (unpaired) electrons. The van der Waals surface area contributed by atoms with Gasteiger partial charge in [0.25, 0.3) is 5.91 Å². The number of anilines is 3. The Labute approximate surface area is 149 Å². The fourth-order valence-corrected chi connectivity index (χ4v) is 2.17. The maximum Gasteiger partial charge on any atom is 0.340 e. The second kappa shape index (κ2) is 7.93. The predicted molar refractivity (Wildman–Crippen MR) is 94.4 cm³/mol. The molecular weight excluding hydrogens is 336 g/mol. The quantitative estimate of drug-likeness (QED) is 0.656. The number of nitrogens with zero attached hydrogens (tertiary/aromatic N) is 2. The molecule has 8 heteroatoms. The fraction of sp³-hybridized carbons (Fsp3) is 0.111. The van der Waals surface area contributed by atoms with Crippen LogP contribution in [0, 0.1) is 0 Å². The van der Waals surface area contributed by atoms with E-state index in [0.717, 1.165) is 0 Å². The third-order valence-corrected chi connectivity index (χ3v) is 3.34. The summed E-state index contributed by atoms with van der Waals surface area (Å²) in [5.41, 5.74) is 0.943. The Morgan fingerprint density at radius 1 is 1.04 bits per heavy atom. The zero-order chi connectivity index (χ0) is 18.4. The van der Waals surface area contributed by atoms with Crippen LogP contribution in [0.5, 0.6) is 0 Å². The number of benzene rings is 1. The van der Waals surface area contributed by atoms with E-state index in [1.54, 1.807) is 55.5 Å². The SMILES string of the molecule is CCOC(=O)c1ccccc1Nc1ccc(NC(=O)c2ccco2)nn1. The van der Waals surface area contributed by atoms with Crippen LogP contribution in [-0.4, -0.2) is 28.7 Å². The number of amides is 1. The van der Waals surface area contributed by atoms with E-state index < -0.39 is 11.9 Å². The topological polar surface area (TPSA) is 106 Å². The Morgan fingerprint density at radius 2 is 1.81 bits per heavy atom. The van der Waals surface area contributed by atoms with Gasteiger partial charge >= 0.3 is 5.97 Å². The van der Waals surface area contributed by atoms with E-state index in [4.69, 9.17) is 9.15 Å². The van der Waals surface area contributed by atoms with Crippen LogP contribution in [0.1, 0.15) is 27.8 Å². The summed E-state index contributed by atoms with van der Waals surface area (Å²) in [7, 11) is 0. The van der Waals surface area contributed by atoms with Crippen molar-refractivity contribution in [2.45, 2.75) is 6.92 Å². The number of rotatable bonds is 6. The van der Waals surface area contributed by atoms with Gasteiger partial charge in [0.2, 0.25) is 0 Å². The van der Waals surface area contributed by atoms with Gasteiger partial charge in [-0.2, -0.15) is 0 Å². The normalized spacial score (nSPS) is 10.2. The van der Waals surface area contributed by atoms with Crippen molar-refractivity contribution in [1.82, 2.24) is 10.2 Å². The number of ether oxygens (including phenoxy) is 1. The Bertz CT molecular complexity index is 892. The molecule has 0 atom stereocenters. The second-order valence-corrected chi connectivity index (χ2v) is 5.13. The van der Waals surface area contributed by atoms with Crippen LogP contribution in [0.25, 0.3) is 0 Å². The van der Waals surface area contributed by atoms with E-state index in [-0.39, 0.29) is 18.2 Å². The van der Waals surface area contributed by atoms with Crippen molar-refractivity contribution in [3.05, 3.63) is 66.1 Å². The molecule has 0 unspecified atom stereocenters. The Hall–Kier alpha value is -3.68. The number of nitrogens with one attached hydrogen (secondary N) is 2. The average molecular weight is 352 g/mol. The molecule has 8 nitrogen and oxygen atoms in total. The lowest BCUT2D eigenvalue weighted by atomic mass is 10.2. The van der Waals surface area contributed by atoms with Crippen molar-refractivity contribution < 1.29 is 18.7 Å². The highest BCUT2D eigenvalue weighted by atomic mass is 16.5. The molecule has 0 aliphatic heterocycles. The van der Waals surface area contributed by atoms with Crippen LogP contribution in [0.15, 0.2) is 59.2 Å². The highest BCUT2D eigenvalue weighted by Crippen LogP contribution is 2.20. The minimum absolute atomic E-state index is 0.178. The van der Waals surface area contributed by atoms with Crippen molar-refractivity contribution >= 4 is 29.2 Å². The van der Waals surface area contributed by atoms with Crippen LogP contribution < -0.4 is 10.6 Å². The number of carbonyl (C=O) groups is 2. The van der Waals surface area contributed by atoms with Gasteiger partial charge in [-0.1, -0.05) is 12.1 Å². The minimum atomic E-state index is -0.425. The zero-order valence-corrected chi connectivity index (χ0v) is 13.9. The van der Waals surface area contributed by atoms with Crippen LogP contribution in [-0.2, 0) is 4.74 Å². The molecule has 0 saturated heterocycles. The van der Waals surface area contributed by atoms with Gasteiger partial charge in [-0.05, 0) is 43.3 Å². The Kier molecular flexibility index (Phi) is 5.23. The number of hydrogen-bond acceptors (Lipinski definition) is 7. The van der Waals surface area contributed by atoms with Crippen molar-refractivity contribution in [1.29, 1.82) is 0 Å². The first kappa shape index (κ1) is 17.2. The van der Waals surface area contributed by atoms with E-state index in [0.29, 0.717) is 17.1 Å². The first-order valence-corrected chi connectivity index (χ1v) is 7.89. The number of hydrogen-bond donors (Lipinski definition) is 2. The lowest BCUT2D eigenvalue weighted by molar-refractivity contribution is 0.0527. The van der Waals surface area contributed by atoms with E-state index in [1.165, 1.54) is 6.26 Å². The van der Waals surface area contributed by atoms with Gasteiger partial charge in [-0.15, -0.1) is 10.2 Å². The number of para-hydroxylation sites is 1. The third kappa shape index (κ3) is 4.04. The lowest BCUT2D eigenvalue weighted by Gasteiger charge is -2.10. The molecule has 3 rings (SSSR count). The number of aromatic nitrogens is 2. The van der Waals surface area contributed by atoms with Gasteiger partial charge in [-0.25, -0.2) is 4.79 Å². The molecule has 1 aromatic carbocycles. The van der Waals surface area contributed by atoms with Crippen molar-refractivity contribution in [3.63, 3.8) is 0 Å². The molecule has 2 N–H and O–H groups in total. The first-order valence-electron chi connectivity index (χ1n) is 7.89. The summed E-state index contributed by atoms with van der Waals surface area (Å²) in [6.07, 6.45) is 1.41. The van der Waals surface area contributed by atoms with Crippen molar-refractivity contribution in [2.24, 2.45) is 0 Å². The van der Waals surface area contributed by atoms with Crippen LogP contribution in [0.3, 0.4) is 0 Å². The zero-order valence-electron chi connectivity index (χ0n) is 13.9. The van der Waals surface area contributed by atoms with Crippen molar-refractivity contribution in [2.75, 3.05) is 17.2 Å². The summed E-state index contributed by atoms with van der Waals surface area (Å²) in [6.45, 7) is 2.03. The first-order chi connectivity index (χ1) is 12.7. The molecule has 0 aliphatic rings. The molecule has 132 valence electrons.